The zero-order valence-corrected chi connectivity index (χ0v) is 15.2. The van der Waals surface area contributed by atoms with Crippen molar-refractivity contribution in [3.63, 3.8) is 0 Å². The molecule has 0 amide bonds. The maximum Gasteiger partial charge on any atom is 0.338 e. The molecule has 1 aromatic rings. The lowest BCUT2D eigenvalue weighted by molar-refractivity contribution is -0.139. The van der Waals surface area contributed by atoms with Crippen LogP contribution in [0.15, 0.2) is 29.5 Å². The van der Waals surface area contributed by atoms with Crippen molar-refractivity contribution >= 4 is 46.5 Å². The third-order valence-electron chi connectivity index (χ3n) is 3.42. The molecule has 0 radical (unpaired) electrons. The summed E-state index contributed by atoms with van der Waals surface area (Å²) < 4.78 is 5.22. The zero-order valence-electron chi connectivity index (χ0n) is 12.9. The Labute approximate surface area is 151 Å². The summed E-state index contributed by atoms with van der Waals surface area (Å²) >= 11 is 17.6. The number of esters is 1. The molecule has 1 aliphatic rings. The summed E-state index contributed by atoms with van der Waals surface area (Å²) in [4.78, 5) is 12.5. The minimum atomic E-state index is -0.464. The number of thiocarbonyl (C=S) groups is 1. The highest BCUT2D eigenvalue weighted by molar-refractivity contribution is 7.80. The van der Waals surface area contributed by atoms with Crippen LogP contribution in [0, 0.1) is 0 Å². The highest BCUT2D eigenvalue weighted by Crippen LogP contribution is 2.34. The molecule has 23 heavy (non-hydrogen) atoms. The predicted octanol–water partition coefficient (Wildman–Crippen LogP) is 4.13. The summed E-state index contributed by atoms with van der Waals surface area (Å²) in [6, 6.07) is 4.71. The van der Waals surface area contributed by atoms with E-state index in [0.29, 0.717) is 33.8 Å². The minimum Gasteiger partial charge on any atom is -0.463 e. The molecule has 2 N–H and O–H groups in total. The highest BCUT2D eigenvalue weighted by atomic mass is 35.5. The molecule has 0 fully saturated rings. The second-order valence-electron chi connectivity index (χ2n) is 5.06. The Bertz CT molecular complexity index is 661. The van der Waals surface area contributed by atoms with Crippen LogP contribution in [0.1, 0.15) is 38.3 Å². The molecule has 0 saturated carbocycles. The van der Waals surface area contributed by atoms with Gasteiger partial charge in [-0.3, -0.25) is 0 Å². The highest BCUT2D eigenvalue weighted by Gasteiger charge is 2.33. The largest absolute Gasteiger partial charge is 0.463 e. The molecular weight excluding hydrogens is 355 g/mol. The van der Waals surface area contributed by atoms with E-state index in [-0.39, 0.29) is 5.97 Å². The van der Waals surface area contributed by atoms with Gasteiger partial charge in [-0.05, 0) is 43.3 Å². The first-order valence-corrected chi connectivity index (χ1v) is 8.57. The standard InChI is InChI=1S/C16H18Cl2N2O2S/c1-3-5-12-13(15(21)22-4-2)14(20-16(23)19-12)10-7-6-9(17)8-11(10)18/h6-8,14H,3-5H2,1-2H3,(H2,19,20,23)/t14-/m1/s1. The summed E-state index contributed by atoms with van der Waals surface area (Å²) in [5.74, 6) is -0.380. The van der Waals surface area contributed by atoms with E-state index in [4.69, 9.17) is 40.2 Å². The van der Waals surface area contributed by atoms with Gasteiger partial charge in [-0.25, -0.2) is 4.79 Å². The lowest BCUT2D eigenvalue weighted by Crippen LogP contribution is -2.45. The van der Waals surface area contributed by atoms with Crippen LogP contribution >= 0.6 is 35.4 Å². The van der Waals surface area contributed by atoms with Gasteiger partial charge in [0.2, 0.25) is 0 Å². The first-order valence-electron chi connectivity index (χ1n) is 7.40. The zero-order chi connectivity index (χ0) is 17.0. The molecular formula is C16H18Cl2N2O2S. The number of carbonyl (C=O) groups is 1. The topological polar surface area (TPSA) is 50.4 Å². The van der Waals surface area contributed by atoms with Crippen LogP contribution in [-0.4, -0.2) is 17.7 Å². The summed E-state index contributed by atoms with van der Waals surface area (Å²) in [6.07, 6.45) is 1.56. The van der Waals surface area contributed by atoms with E-state index < -0.39 is 6.04 Å². The summed E-state index contributed by atoms with van der Waals surface area (Å²) in [6.45, 7) is 4.11. The normalized spacial score (nSPS) is 17.6. The lowest BCUT2D eigenvalue weighted by Gasteiger charge is -2.31. The molecule has 0 saturated heterocycles. The van der Waals surface area contributed by atoms with E-state index in [2.05, 4.69) is 10.6 Å². The number of rotatable bonds is 5. The number of hydrogen-bond acceptors (Lipinski definition) is 3. The lowest BCUT2D eigenvalue weighted by atomic mass is 9.94. The Morgan fingerprint density at radius 1 is 1.35 bits per heavy atom. The van der Waals surface area contributed by atoms with Crippen molar-refractivity contribution in [2.24, 2.45) is 0 Å². The molecule has 1 aliphatic heterocycles. The fourth-order valence-electron chi connectivity index (χ4n) is 2.48. The molecule has 4 nitrogen and oxygen atoms in total. The van der Waals surface area contributed by atoms with Gasteiger partial charge in [0.25, 0.3) is 0 Å². The molecule has 1 aromatic carbocycles. The van der Waals surface area contributed by atoms with E-state index >= 15 is 0 Å². The van der Waals surface area contributed by atoms with Gasteiger partial charge in [0.05, 0.1) is 18.2 Å². The number of nitrogens with one attached hydrogen (secondary N) is 2. The molecule has 0 spiro atoms. The van der Waals surface area contributed by atoms with Crippen LogP contribution in [0.5, 0.6) is 0 Å². The van der Waals surface area contributed by atoms with Crippen molar-refractivity contribution < 1.29 is 9.53 Å². The van der Waals surface area contributed by atoms with Gasteiger partial charge in [0.15, 0.2) is 5.11 Å². The average molecular weight is 373 g/mol. The Morgan fingerprint density at radius 3 is 2.70 bits per heavy atom. The molecule has 1 heterocycles. The van der Waals surface area contributed by atoms with Crippen LogP contribution < -0.4 is 10.6 Å². The van der Waals surface area contributed by atoms with Crippen molar-refractivity contribution in [3.8, 4) is 0 Å². The Balaban J connectivity index is 2.54. The third kappa shape index (κ3) is 4.16. The number of ether oxygens (including phenoxy) is 1. The Kier molecular flexibility index (Phi) is 6.27. The molecule has 7 heteroatoms. The van der Waals surface area contributed by atoms with Crippen LogP contribution in [0.3, 0.4) is 0 Å². The van der Waals surface area contributed by atoms with Crippen LogP contribution in [-0.2, 0) is 9.53 Å². The molecule has 0 aromatic heterocycles. The van der Waals surface area contributed by atoms with Gasteiger partial charge < -0.3 is 15.4 Å². The first-order chi connectivity index (χ1) is 11.0. The SMILES string of the molecule is CCCC1=C(C(=O)OCC)[C@@H](c2ccc(Cl)cc2Cl)NC(=S)N1. The number of carbonyl (C=O) groups excluding carboxylic acids is 1. The van der Waals surface area contributed by atoms with Gasteiger partial charge >= 0.3 is 5.97 Å². The molecule has 0 bridgehead atoms. The smallest absolute Gasteiger partial charge is 0.338 e. The number of benzene rings is 1. The fraction of sp³-hybridized carbons (Fsp3) is 0.375. The van der Waals surface area contributed by atoms with Gasteiger partial charge in [0, 0.05) is 15.7 Å². The number of halogens is 2. The first kappa shape index (κ1) is 18.0. The quantitative estimate of drug-likeness (QED) is 0.601. The van der Waals surface area contributed by atoms with Crippen molar-refractivity contribution in [2.45, 2.75) is 32.7 Å². The van der Waals surface area contributed by atoms with E-state index in [1.54, 1.807) is 25.1 Å². The number of allylic oxidation sites excluding steroid dienone is 1. The van der Waals surface area contributed by atoms with Crippen LogP contribution in [0.2, 0.25) is 10.0 Å². The van der Waals surface area contributed by atoms with Gasteiger partial charge in [-0.1, -0.05) is 42.6 Å². The van der Waals surface area contributed by atoms with Crippen LogP contribution in [0.25, 0.3) is 0 Å². The summed E-state index contributed by atoms with van der Waals surface area (Å²) in [5.41, 5.74) is 2.01. The second-order valence-corrected chi connectivity index (χ2v) is 6.31. The molecule has 2 rings (SSSR count). The Morgan fingerprint density at radius 2 is 2.09 bits per heavy atom. The fourth-order valence-corrected chi connectivity index (χ4v) is 3.24. The maximum atomic E-state index is 12.5. The predicted molar refractivity (Wildman–Crippen MR) is 96.6 cm³/mol. The summed E-state index contributed by atoms with van der Waals surface area (Å²) in [7, 11) is 0. The van der Waals surface area contributed by atoms with Crippen LogP contribution in [0.4, 0.5) is 0 Å². The van der Waals surface area contributed by atoms with Crippen molar-refractivity contribution in [3.05, 3.63) is 45.1 Å². The maximum absolute atomic E-state index is 12.5. The van der Waals surface area contributed by atoms with Gasteiger partial charge in [0.1, 0.15) is 0 Å². The molecule has 0 aliphatic carbocycles. The average Bonchev–Trinajstić information content (AvgIpc) is 2.47. The van der Waals surface area contributed by atoms with Gasteiger partial charge in [-0.2, -0.15) is 0 Å². The second kappa shape index (κ2) is 7.99. The van der Waals surface area contributed by atoms with Crippen molar-refractivity contribution in [1.82, 2.24) is 10.6 Å². The van der Waals surface area contributed by atoms with E-state index in [9.17, 15) is 4.79 Å². The monoisotopic (exact) mass is 372 g/mol. The summed E-state index contributed by atoms with van der Waals surface area (Å²) in [5, 5.41) is 7.63. The van der Waals surface area contributed by atoms with Crippen molar-refractivity contribution in [1.29, 1.82) is 0 Å². The minimum absolute atomic E-state index is 0.299. The molecule has 0 unspecified atom stereocenters. The molecule has 1 atom stereocenters. The van der Waals surface area contributed by atoms with Gasteiger partial charge in [-0.15, -0.1) is 0 Å². The van der Waals surface area contributed by atoms with E-state index in [1.807, 2.05) is 6.92 Å². The van der Waals surface area contributed by atoms with Crippen molar-refractivity contribution in [2.75, 3.05) is 6.61 Å². The van der Waals surface area contributed by atoms with E-state index in [0.717, 1.165) is 17.7 Å². The number of hydrogen-bond donors (Lipinski definition) is 2. The molecule has 124 valence electrons. The third-order valence-corrected chi connectivity index (χ3v) is 4.20. The van der Waals surface area contributed by atoms with E-state index in [1.165, 1.54) is 0 Å². The Hall–Kier alpha value is -1.30.